The Bertz CT molecular complexity index is 369. The van der Waals surface area contributed by atoms with Gasteiger partial charge in [-0.25, -0.2) is 0 Å². The molecule has 0 unspecified atom stereocenters. The van der Waals surface area contributed by atoms with Gasteiger partial charge in [-0.1, -0.05) is 38.7 Å². The second-order valence-electron chi connectivity index (χ2n) is 5.30. The Morgan fingerprint density at radius 2 is 1.81 bits per heavy atom. The summed E-state index contributed by atoms with van der Waals surface area (Å²) >= 11 is 0. The van der Waals surface area contributed by atoms with E-state index in [0.29, 0.717) is 0 Å². The molecule has 0 aliphatic rings. The lowest BCUT2D eigenvalue weighted by Gasteiger charge is -2.21. The normalized spacial score (nSPS) is 11.6. The maximum atomic E-state index is 5.82. The second kappa shape index (κ2) is 5.02. The van der Waals surface area contributed by atoms with Gasteiger partial charge in [0.2, 0.25) is 0 Å². The Morgan fingerprint density at radius 1 is 1.19 bits per heavy atom. The van der Waals surface area contributed by atoms with Gasteiger partial charge >= 0.3 is 0 Å². The van der Waals surface area contributed by atoms with Crippen molar-refractivity contribution in [3.8, 4) is 5.75 Å². The summed E-state index contributed by atoms with van der Waals surface area (Å²) in [6.45, 7) is 13.1. The molecule has 0 aliphatic heterocycles. The van der Waals surface area contributed by atoms with Crippen molar-refractivity contribution in [1.82, 2.24) is 5.15 Å². The standard InChI is InChI=1S/C13H23NOSi/c1-7-12-9-8-10(2)11(3)13(12)15-14-16(4,5)6/h8-9,14H,7H2,1-6H3. The van der Waals surface area contributed by atoms with E-state index in [4.69, 9.17) is 4.84 Å². The molecule has 0 bridgehead atoms. The number of hydrogen-bond acceptors (Lipinski definition) is 2. The third-order valence-corrected chi connectivity index (χ3v) is 3.31. The Labute approximate surface area is 100 Å². The quantitative estimate of drug-likeness (QED) is 0.638. The van der Waals surface area contributed by atoms with Gasteiger partial charge in [-0.05, 0) is 37.0 Å². The van der Waals surface area contributed by atoms with Crippen LogP contribution in [0, 0.1) is 13.8 Å². The van der Waals surface area contributed by atoms with Crippen molar-refractivity contribution in [3.05, 3.63) is 28.8 Å². The molecule has 0 saturated carbocycles. The minimum atomic E-state index is -1.39. The summed E-state index contributed by atoms with van der Waals surface area (Å²) in [6.07, 6.45) is 1.00. The number of aryl methyl sites for hydroxylation is 2. The molecule has 0 radical (unpaired) electrons. The van der Waals surface area contributed by atoms with E-state index in [0.717, 1.165) is 12.2 Å². The van der Waals surface area contributed by atoms with Crippen molar-refractivity contribution in [2.24, 2.45) is 0 Å². The first-order valence-electron chi connectivity index (χ1n) is 5.88. The molecule has 0 aromatic heterocycles. The van der Waals surface area contributed by atoms with E-state index in [9.17, 15) is 0 Å². The molecule has 1 N–H and O–H groups in total. The molecule has 0 fully saturated rings. The Morgan fingerprint density at radius 3 is 2.31 bits per heavy atom. The van der Waals surface area contributed by atoms with Crippen LogP contribution >= 0.6 is 0 Å². The molecule has 1 aromatic rings. The summed E-state index contributed by atoms with van der Waals surface area (Å²) in [5, 5.41) is 3.22. The lowest BCUT2D eigenvalue weighted by atomic mass is 10.0. The first-order chi connectivity index (χ1) is 7.35. The minimum absolute atomic E-state index is 1.00. The molecule has 1 rings (SSSR count). The number of rotatable bonds is 4. The average Bonchev–Trinajstić information content (AvgIpc) is 2.19. The highest BCUT2D eigenvalue weighted by molar-refractivity contribution is 6.73. The van der Waals surface area contributed by atoms with E-state index in [1.165, 1.54) is 16.7 Å². The third kappa shape index (κ3) is 3.35. The fourth-order valence-corrected chi connectivity index (χ4v) is 1.88. The summed E-state index contributed by atoms with van der Waals surface area (Å²) in [4.78, 5) is 5.82. The molecule has 1 aromatic carbocycles. The number of nitrogens with one attached hydrogen (secondary N) is 1. The monoisotopic (exact) mass is 237 g/mol. The highest BCUT2D eigenvalue weighted by atomic mass is 28.3. The maximum Gasteiger partial charge on any atom is 0.161 e. The van der Waals surface area contributed by atoms with Crippen LogP contribution in [0.4, 0.5) is 0 Å². The first kappa shape index (κ1) is 13.3. The summed E-state index contributed by atoms with van der Waals surface area (Å²) in [6, 6.07) is 4.32. The van der Waals surface area contributed by atoms with Gasteiger partial charge < -0.3 is 4.84 Å². The molecule has 0 heterocycles. The Kier molecular flexibility index (Phi) is 4.16. The van der Waals surface area contributed by atoms with Crippen molar-refractivity contribution < 1.29 is 4.84 Å². The summed E-state index contributed by atoms with van der Waals surface area (Å²) in [5.41, 5.74) is 3.79. The molecular formula is C13H23NOSi. The molecule has 3 heteroatoms. The molecule has 0 atom stereocenters. The summed E-state index contributed by atoms with van der Waals surface area (Å²) in [5.74, 6) is 1.02. The van der Waals surface area contributed by atoms with Crippen molar-refractivity contribution in [3.63, 3.8) is 0 Å². The predicted octanol–water partition coefficient (Wildman–Crippen LogP) is 3.58. The molecule has 90 valence electrons. The fourth-order valence-electron chi connectivity index (χ4n) is 1.47. The van der Waals surface area contributed by atoms with Crippen LogP contribution in [0.25, 0.3) is 0 Å². The van der Waals surface area contributed by atoms with Crippen LogP contribution in [-0.2, 0) is 6.42 Å². The van der Waals surface area contributed by atoms with Crippen LogP contribution in [0.5, 0.6) is 5.75 Å². The van der Waals surface area contributed by atoms with E-state index in [1.807, 2.05) is 0 Å². The molecule has 16 heavy (non-hydrogen) atoms. The topological polar surface area (TPSA) is 21.3 Å². The van der Waals surface area contributed by atoms with Gasteiger partial charge in [0.05, 0.1) is 0 Å². The van der Waals surface area contributed by atoms with Gasteiger partial charge in [-0.2, -0.15) is 5.15 Å². The van der Waals surface area contributed by atoms with Crippen LogP contribution in [0.3, 0.4) is 0 Å². The molecule has 0 aliphatic carbocycles. The lowest BCUT2D eigenvalue weighted by Crippen LogP contribution is -2.43. The van der Waals surface area contributed by atoms with E-state index < -0.39 is 8.24 Å². The number of benzene rings is 1. The van der Waals surface area contributed by atoms with Crippen LogP contribution in [0.15, 0.2) is 12.1 Å². The molecule has 2 nitrogen and oxygen atoms in total. The van der Waals surface area contributed by atoms with E-state index in [2.05, 4.69) is 57.7 Å². The third-order valence-electron chi connectivity index (χ3n) is 2.60. The van der Waals surface area contributed by atoms with Crippen LogP contribution in [0.1, 0.15) is 23.6 Å². The maximum absolute atomic E-state index is 5.82. The fraction of sp³-hybridized carbons (Fsp3) is 0.538. The van der Waals surface area contributed by atoms with E-state index in [-0.39, 0.29) is 0 Å². The van der Waals surface area contributed by atoms with Crippen molar-refractivity contribution >= 4 is 8.24 Å². The van der Waals surface area contributed by atoms with E-state index in [1.54, 1.807) is 0 Å². The van der Waals surface area contributed by atoms with Gasteiger partial charge in [0.1, 0.15) is 0 Å². The molecular weight excluding hydrogens is 214 g/mol. The first-order valence-corrected chi connectivity index (χ1v) is 9.38. The van der Waals surface area contributed by atoms with Crippen LogP contribution < -0.4 is 9.98 Å². The largest absolute Gasteiger partial charge is 0.416 e. The number of hydrogen-bond donors (Lipinski definition) is 1. The Hall–Kier alpha value is -0.803. The summed E-state index contributed by atoms with van der Waals surface area (Å²) < 4.78 is 0. The van der Waals surface area contributed by atoms with Gasteiger partial charge in [0, 0.05) is 0 Å². The minimum Gasteiger partial charge on any atom is -0.416 e. The van der Waals surface area contributed by atoms with Crippen molar-refractivity contribution in [1.29, 1.82) is 0 Å². The zero-order valence-corrected chi connectivity index (χ0v) is 12.3. The van der Waals surface area contributed by atoms with Gasteiger partial charge in [0.15, 0.2) is 14.0 Å². The SMILES string of the molecule is CCc1ccc(C)c(C)c1ON[Si](C)(C)C. The summed E-state index contributed by atoms with van der Waals surface area (Å²) in [7, 11) is -1.39. The van der Waals surface area contributed by atoms with Crippen molar-refractivity contribution in [2.75, 3.05) is 0 Å². The average molecular weight is 237 g/mol. The van der Waals surface area contributed by atoms with Gasteiger partial charge in [-0.3, -0.25) is 0 Å². The van der Waals surface area contributed by atoms with Crippen LogP contribution in [-0.4, -0.2) is 8.24 Å². The van der Waals surface area contributed by atoms with E-state index >= 15 is 0 Å². The second-order valence-corrected chi connectivity index (χ2v) is 10.0. The molecule has 0 saturated heterocycles. The highest BCUT2D eigenvalue weighted by Gasteiger charge is 2.16. The zero-order valence-electron chi connectivity index (χ0n) is 11.3. The highest BCUT2D eigenvalue weighted by Crippen LogP contribution is 2.26. The molecule has 0 spiro atoms. The van der Waals surface area contributed by atoms with Crippen molar-refractivity contribution in [2.45, 2.75) is 46.8 Å². The van der Waals surface area contributed by atoms with Gasteiger partial charge in [-0.15, -0.1) is 0 Å². The predicted molar refractivity (Wildman–Crippen MR) is 72.4 cm³/mol. The van der Waals surface area contributed by atoms with Crippen LogP contribution in [0.2, 0.25) is 19.6 Å². The lowest BCUT2D eigenvalue weighted by molar-refractivity contribution is 0.260. The zero-order chi connectivity index (χ0) is 12.3. The molecule has 0 amide bonds. The van der Waals surface area contributed by atoms with Gasteiger partial charge in [0.25, 0.3) is 0 Å². The smallest absolute Gasteiger partial charge is 0.161 e. The Balaban J connectivity index is 2.97.